The minimum absolute atomic E-state index is 0.0191. The largest absolute Gasteiger partial charge is 0.393 e. The van der Waals surface area contributed by atoms with E-state index in [1.165, 1.54) is 12.1 Å². The van der Waals surface area contributed by atoms with Crippen molar-refractivity contribution < 1.29 is 9.50 Å². The average Bonchev–Trinajstić information content (AvgIpc) is 2.01. The normalized spacial score (nSPS) is 15.5. The lowest BCUT2D eigenvalue weighted by Gasteiger charge is -2.15. The van der Waals surface area contributed by atoms with Gasteiger partial charge in [0.15, 0.2) is 0 Å². The van der Waals surface area contributed by atoms with Crippen molar-refractivity contribution in [2.75, 3.05) is 0 Å². The minimum atomic E-state index is -0.443. The van der Waals surface area contributed by atoms with Gasteiger partial charge in [0.05, 0.1) is 6.10 Å². The van der Waals surface area contributed by atoms with Gasteiger partial charge in [-0.25, -0.2) is 4.39 Å². The van der Waals surface area contributed by atoms with Gasteiger partial charge in [0, 0.05) is 5.92 Å². The highest BCUT2D eigenvalue weighted by Crippen LogP contribution is 2.21. The Morgan fingerprint density at radius 2 is 1.85 bits per heavy atom. The zero-order chi connectivity index (χ0) is 10.0. The minimum Gasteiger partial charge on any atom is -0.393 e. The van der Waals surface area contributed by atoms with Crippen molar-refractivity contribution in [3.63, 3.8) is 0 Å². The molecular formula is C11H15FO. The zero-order valence-corrected chi connectivity index (χ0v) is 8.21. The fraction of sp³-hybridized carbons (Fsp3) is 0.455. The van der Waals surface area contributed by atoms with E-state index in [1.807, 2.05) is 19.9 Å². The molecule has 2 atom stereocenters. The van der Waals surface area contributed by atoms with Gasteiger partial charge in [0.2, 0.25) is 0 Å². The van der Waals surface area contributed by atoms with Crippen molar-refractivity contribution in [2.24, 2.45) is 0 Å². The van der Waals surface area contributed by atoms with E-state index in [-0.39, 0.29) is 11.7 Å². The van der Waals surface area contributed by atoms with E-state index in [0.717, 1.165) is 11.1 Å². The van der Waals surface area contributed by atoms with Crippen LogP contribution in [0.5, 0.6) is 0 Å². The van der Waals surface area contributed by atoms with Gasteiger partial charge in [0.1, 0.15) is 5.82 Å². The Bertz CT molecular complexity index is 274. The molecule has 72 valence electrons. The maximum atomic E-state index is 13.0. The summed E-state index contributed by atoms with van der Waals surface area (Å²) < 4.78 is 13.0. The van der Waals surface area contributed by atoms with Crippen molar-refractivity contribution in [2.45, 2.75) is 32.8 Å². The molecule has 0 saturated heterocycles. The van der Waals surface area contributed by atoms with Gasteiger partial charge in [-0.2, -0.15) is 0 Å². The summed E-state index contributed by atoms with van der Waals surface area (Å²) in [6.07, 6.45) is -0.443. The molecule has 0 aliphatic rings. The third kappa shape index (κ3) is 2.52. The highest BCUT2D eigenvalue weighted by molar-refractivity contribution is 5.26. The summed E-state index contributed by atoms with van der Waals surface area (Å²) in [4.78, 5) is 0. The van der Waals surface area contributed by atoms with E-state index in [1.54, 1.807) is 6.92 Å². The molecule has 0 amide bonds. The standard InChI is InChI=1S/C11H15FO/c1-7-4-10(6-11(12)5-7)8(2)9(3)13/h4-6,8-9,13H,1-3H3/t8-,9+/m1/s1. The molecule has 0 heterocycles. The SMILES string of the molecule is Cc1cc(F)cc([C@H](C)[C@H](C)O)c1. The summed E-state index contributed by atoms with van der Waals surface area (Å²) in [5.74, 6) is -0.253. The summed E-state index contributed by atoms with van der Waals surface area (Å²) >= 11 is 0. The molecule has 1 aromatic carbocycles. The Balaban J connectivity index is 3.01. The molecule has 0 aliphatic carbocycles. The Morgan fingerprint density at radius 3 is 2.31 bits per heavy atom. The Kier molecular flexibility index (Phi) is 3.04. The lowest BCUT2D eigenvalue weighted by Crippen LogP contribution is -2.11. The van der Waals surface area contributed by atoms with E-state index in [2.05, 4.69) is 0 Å². The first-order valence-corrected chi connectivity index (χ1v) is 4.46. The van der Waals surface area contributed by atoms with Crippen LogP contribution in [0.25, 0.3) is 0 Å². The quantitative estimate of drug-likeness (QED) is 0.745. The summed E-state index contributed by atoms with van der Waals surface area (Å²) in [6.45, 7) is 5.45. The third-order valence-electron chi connectivity index (χ3n) is 2.31. The van der Waals surface area contributed by atoms with E-state index >= 15 is 0 Å². The third-order valence-corrected chi connectivity index (χ3v) is 2.31. The number of rotatable bonds is 2. The summed E-state index contributed by atoms with van der Waals surface area (Å²) in [5.41, 5.74) is 1.75. The van der Waals surface area contributed by atoms with Crippen LogP contribution in [0.3, 0.4) is 0 Å². The number of aliphatic hydroxyl groups is 1. The van der Waals surface area contributed by atoms with E-state index in [4.69, 9.17) is 0 Å². The summed E-state index contributed by atoms with van der Waals surface area (Å²) in [5, 5.41) is 9.33. The molecule has 0 unspecified atom stereocenters. The van der Waals surface area contributed by atoms with E-state index in [9.17, 15) is 9.50 Å². The average molecular weight is 182 g/mol. The molecule has 0 aliphatic heterocycles. The van der Waals surface area contributed by atoms with Crippen molar-refractivity contribution >= 4 is 0 Å². The molecule has 1 nitrogen and oxygen atoms in total. The highest BCUT2D eigenvalue weighted by atomic mass is 19.1. The van der Waals surface area contributed by atoms with Crippen LogP contribution in [-0.2, 0) is 0 Å². The van der Waals surface area contributed by atoms with Gasteiger partial charge >= 0.3 is 0 Å². The molecule has 0 bridgehead atoms. The van der Waals surface area contributed by atoms with Crippen molar-refractivity contribution in [1.82, 2.24) is 0 Å². The van der Waals surface area contributed by atoms with Crippen LogP contribution in [0, 0.1) is 12.7 Å². The zero-order valence-electron chi connectivity index (χ0n) is 8.21. The van der Waals surface area contributed by atoms with Crippen LogP contribution < -0.4 is 0 Å². The second kappa shape index (κ2) is 3.88. The monoisotopic (exact) mass is 182 g/mol. The molecule has 0 spiro atoms. The van der Waals surface area contributed by atoms with Crippen LogP contribution in [0.1, 0.15) is 30.9 Å². The first-order valence-electron chi connectivity index (χ1n) is 4.46. The number of aryl methyl sites for hydroxylation is 1. The van der Waals surface area contributed by atoms with Gasteiger partial charge < -0.3 is 5.11 Å². The number of aliphatic hydroxyl groups excluding tert-OH is 1. The van der Waals surface area contributed by atoms with Gasteiger partial charge in [-0.05, 0) is 37.1 Å². The molecular weight excluding hydrogens is 167 g/mol. The lowest BCUT2D eigenvalue weighted by molar-refractivity contribution is 0.169. The van der Waals surface area contributed by atoms with Crippen molar-refractivity contribution in [3.8, 4) is 0 Å². The van der Waals surface area contributed by atoms with Gasteiger partial charge in [-0.3, -0.25) is 0 Å². The first-order chi connectivity index (χ1) is 6.00. The van der Waals surface area contributed by atoms with Crippen molar-refractivity contribution in [1.29, 1.82) is 0 Å². The topological polar surface area (TPSA) is 20.2 Å². The molecule has 13 heavy (non-hydrogen) atoms. The van der Waals surface area contributed by atoms with Crippen LogP contribution in [0.2, 0.25) is 0 Å². The molecule has 1 aromatic rings. The fourth-order valence-electron chi connectivity index (χ4n) is 1.31. The molecule has 0 aromatic heterocycles. The molecule has 2 heteroatoms. The predicted molar refractivity (Wildman–Crippen MR) is 51.2 cm³/mol. The molecule has 0 saturated carbocycles. The number of hydrogen-bond acceptors (Lipinski definition) is 1. The van der Waals surface area contributed by atoms with Crippen LogP contribution in [-0.4, -0.2) is 11.2 Å². The Labute approximate surface area is 78.2 Å². The smallest absolute Gasteiger partial charge is 0.123 e. The Hall–Kier alpha value is -0.890. The highest BCUT2D eigenvalue weighted by Gasteiger charge is 2.12. The maximum absolute atomic E-state index is 13.0. The van der Waals surface area contributed by atoms with Crippen molar-refractivity contribution in [3.05, 3.63) is 35.1 Å². The van der Waals surface area contributed by atoms with Crippen LogP contribution in [0.4, 0.5) is 4.39 Å². The molecule has 0 radical (unpaired) electrons. The van der Waals surface area contributed by atoms with E-state index in [0.29, 0.717) is 0 Å². The number of hydrogen-bond donors (Lipinski definition) is 1. The Morgan fingerprint density at radius 1 is 1.23 bits per heavy atom. The van der Waals surface area contributed by atoms with Gasteiger partial charge in [-0.1, -0.05) is 13.0 Å². The lowest BCUT2D eigenvalue weighted by atomic mass is 9.95. The molecule has 1 N–H and O–H groups in total. The summed E-state index contributed by atoms with van der Waals surface area (Å²) in [6, 6.07) is 4.86. The predicted octanol–water partition coefficient (Wildman–Crippen LogP) is 2.62. The number of benzene rings is 1. The second-order valence-electron chi connectivity index (χ2n) is 3.59. The second-order valence-corrected chi connectivity index (χ2v) is 3.59. The fourth-order valence-corrected chi connectivity index (χ4v) is 1.31. The van der Waals surface area contributed by atoms with Gasteiger partial charge in [-0.15, -0.1) is 0 Å². The first kappa shape index (κ1) is 10.2. The van der Waals surface area contributed by atoms with Crippen LogP contribution in [0.15, 0.2) is 18.2 Å². The molecule has 1 rings (SSSR count). The van der Waals surface area contributed by atoms with Crippen LogP contribution >= 0.6 is 0 Å². The summed E-state index contributed by atoms with van der Waals surface area (Å²) in [7, 11) is 0. The number of halogens is 1. The van der Waals surface area contributed by atoms with Gasteiger partial charge in [0.25, 0.3) is 0 Å². The molecule has 0 fully saturated rings. The van der Waals surface area contributed by atoms with E-state index < -0.39 is 6.10 Å². The maximum Gasteiger partial charge on any atom is 0.123 e.